The Balaban J connectivity index is 1.82. The maximum atomic E-state index is 12.6. The monoisotopic (exact) mass is 297 g/mol. The van der Waals surface area contributed by atoms with Gasteiger partial charge in [0.05, 0.1) is 6.04 Å². The van der Waals surface area contributed by atoms with E-state index in [0.717, 1.165) is 23.0 Å². The van der Waals surface area contributed by atoms with Gasteiger partial charge in [0.1, 0.15) is 6.04 Å². The summed E-state index contributed by atoms with van der Waals surface area (Å²) in [7, 11) is 0. The van der Waals surface area contributed by atoms with Crippen LogP contribution in [0, 0.1) is 0 Å². The number of fused-ring (bicyclic) bond motifs is 4. The molecule has 0 aliphatic carbocycles. The van der Waals surface area contributed by atoms with Crippen molar-refractivity contribution < 1.29 is 9.59 Å². The van der Waals surface area contributed by atoms with Crippen molar-refractivity contribution >= 4 is 22.8 Å². The van der Waals surface area contributed by atoms with Gasteiger partial charge in [-0.1, -0.05) is 25.1 Å². The number of aromatic nitrogens is 1. The lowest BCUT2D eigenvalue weighted by molar-refractivity contribution is -0.128. The van der Waals surface area contributed by atoms with Gasteiger partial charge in [0.15, 0.2) is 0 Å². The average molecular weight is 297 g/mol. The van der Waals surface area contributed by atoms with E-state index in [-0.39, 0.29) is 24.0 Å². The van der Waals surface area contributed by atoms with Gasteiger partial charge >= 0.3 is 6.03 Å². The number of nitrogens with one attached hydrogen (secondary N) is 1. The third-order valence-corrected chi connectivity index (χ3v) is 4.87. The zero-order chi connectivity index (χ0) is 15.4. The SMILES string of the molecule is CCCN1C(=O)[C@@H]2Cc3c([nH]c4ccccc34)[C@H](C)N2C1=O. The second-order valence-electron chi connectivity index (χ2n) is 6.14. The smallest absolute Gasteiger partial charge is 0.328 e. The van der Waals surface area contributed by atoms with Gasteiger partial charge in [0, 0.05) is 29.6 Å². The first-order valence-corrected chi connectivity index (χ1v) is 7.86. The lowest BCUT2D eigenvalue weighted by Crippen LogP contribution is -2.42. The Bertz CT molecular complexity index is 779. The van der Waals surface area contributed by atoms with Crippen LogP contribution in [0.25, 0.3) is 10.9 Å². The number of rotatable bonds is 2. The molecule has 1 aromatic heterocycles. The zero-order valence-corrected chi connectivity index (χ0v) is 12.8. The summed E-state index contributed by atoms with van der Waals surface area (Å²) in [4.78, 5) is 31.8. The number of nitrogens with zero attached hydrogens (tertiary/aromatic N) is 2. The Morgan fingerprint density at radius 3 is 2.82 bits per heavy atom. The molecule has 2 aliphatic rings. The van der Waals surface area contributed by atoms with E-state index in [1.807, 2.05) is 32.0 Å². The van der Waals surface area contributed by atoms with Crippen molar-refractivity contribution in [3.05, 3.63) is 35.5 Å². The molecule has 3 amide bonds. The van der Waals surface area contributed by atoms with Crippen molar-refractivity contribution in [3.63, 3.8) is 0 Å². The molecule has 1 aromatic carbocycles. The molecule has 4 rings (SSSR count). The molecule has 1 fully saturated rings. The number of imide groups is 1. The van der Waals surface area contributed by atoms with E-state index in [1.54, 1.807) is 4.90 Å². The summed E-state index contributed by atoms with van der Waals surface area (Å²) in [6.45, 7) is 4.49. The van der Waals surface area contributed by atoms with Crippen LogP contribution in [0.4, 0.5) is 4.79 Å². The predicted octanol–water partition coefficient (Wildman–Crippen LogP) is 2.83. The van der Waals surface area contributed by atoms with E-state index in [4.69, 9.17) is 0 Å². The van der Waals surface area contributed by atoms with Gasteiger partial charge in [-0.15, -0.1) is 0 Å². The second kappa shape index (κ2) is 4.60. The third-order valence-electron chi connectivity index (χ3n) is 4.87. The van der Waals surface area contributed by atoms with Crippen LogP contribution in [-0.4, -0.2) is 39.3 Å². The molecule has 5 heteroatoms. The fraction of sp³-hybridized carbons (Fsp3) is 0.412. The van der Waals surface area contributed by atoms with E-state index in [0.29, 0.717) is 13.0 Å². The normalized spacial score (nSPS) is 24.1. The molecule has 2 aromatic rings. The minimum absolute atomic E-state index is 0.0466. The molecule has 114 valence electrons. The first-order valence-electron chi connectivity index (χ1n) is 7.86. The third kappa shape index (κ3) is 1.59. The van der Waals surface area contributed by atoms with Gasteiger partial charge in [0.2, 0.25) is 0 Å². The minimum Gasteiger partial charge on any atom is -0.356 e. The van der Waals surface area contributed by atoms with Gasteiger partial charge in [-0.25, -0.2) is 4.79 Å². The second-order valence-corrected chi connectivity index (χ2v) is 6.14. The van der Waals surface area contributed by atoms with Crippen LogP contribution in [0.2, 0.25) is 0 Å². The molecule has 5 nitrogen and oxygen atoms in total. The van der Waals surface area contributed by atoms with Gasteiger partial charge in [0.25, 0.3) is 5.91 Å². The molecule has 22 heavy (non-hydrogen) atoms. The molecule has 3 heterocycles. The molecule has 1 saturated heterocycles. The van der Waals surface area contributed by atoms with Gasteiger partial charge in [-0.2, -0.15) is 0 Å². The van der Waals surface area contributed by atoms with E-state index >= 15 is 0 Å². The Hall–Kier alpha value is -2.30. The molecule has 0 bridgehead atoms. The molecular formula is C17H19N3O2. The number of para-hydroxylation sites is 1. The van der Waals surface area contributed by atoms with Crippen LogP contribution >= 0.6 is 0 Å². The highest BCUT2D eigenvalue weighted by molar-refractivity contribution is 6.05. The maximum Gasteiger partial charge on any atom is 0.328 e. The van der Waals surface area contributed by atoms with E-state index in [1.165, 1.54) is 10.5 Å². The summed E-state index contributed by atoms with van der Waals surface area (Å²) >= 11 is 0. The van der Waals surface area contributed by atoms with Crippen LogP contribution in [0.1, 0.15) is 37.6 Å². The Morgan fingerprint density at radius 2 is 2.05 bits per heavy atom. The molecular weight excluding hydrogens is 278 g/mol. The largest absolute Gasteiger partial charge is 0.356 e. The summed E-state index contributed by atoms with van der Waals surface area (Å²) in [5.41, 5.74) is 3.33. The summed E-state index contributed by atoms with van der Waals surface area (Å²) in [6.07, 6.45) is 1.40. The molecule has 2 atom stereocenters. The molecule has 0 radical (unpaired) electrons. The number of carbonyl (C=O) groups excluding carboxylic acids is 2. The number of carbonyl (C=O) groups is 2. The van der Waals surface area contributed by atoms with Crippen LogP contribution in [0.3, 0.4) is 0 Å². The van der Waals surface area contributed by atoms with E-state index < -0.39 is 0 Å². The topological polar surface area (TPSA) is 56.4 Å². The fourth-order valence-electron chi connectivity index (χ4n) is 3.85. The van der Waals surface area contributed by atoms with E-state index in [9.17, 15) is 9.59 Å². The summed E-state index contributed by atoms with van der Waals surface area (Å²) in [5, 5.41) is 1.16. The Labute approximate surface area is 128 Å². The van der Waals surface area contributed by atoms with Crippen molar-refractivity contribution in [2.24, 2.45) is 0 Å². The summed E-state index contributed by atoms with van der Waals surface area (Å²) in [5.74, 6) is -0.0466. The van der Waals surface area contributed by atoms with E-state index in [2.05, 4.69) is 11.1 Å². The van der Waals surface area contributed by atoms with Crippen molar-refractivity contribution in [1.29, 1.82) is 0 Å². The number of H-pyrrole nitrogens is 1. The Kier molecular flexibility index (Phi) is 2.79. The molecule has 0 unspecified atom stereocenters. The molecule has 1 N–H and O–H groups in total. The molecule has 2 aliphatic heterocycles. The lowest BCUT2D eigenvalue weighted by Gasteiger charge is -2.33. The highest BCUT2D eigenvalue weighted by Crippen LogP contribution is 2.40. The highest BCUT2D eigenvalue weighted by atomic mass is 16.2. The summed E-state index contributed by atoms with van der Waals surface area (Å²) in [6, 6.07) is 7.54. The zero-order valence-electron chi connectivity index (χ0n) is 12.8. The summed E-state index contributed by atoms with van der Waals surface area (Å²) < 4.78 is 0. The standard InChI is InChI=1S/C17H19N3O2/c1-3-8-19-16(21)14-9-12-11-6-4-5-7-13(11)18-15(12)10(2)20(14)17(19)22/h4-7,10,14,18H,3,8-9H2,1-2H3/t10-,14-/m0/s1. The van der Waals surface area contributed by atoms with Crippen molar-refractivity contribution in [2.75, 3.05) is 6.54 Å². The highest BCUT2D eigenvalue weighted by Gasteiger charge is 2.50. The van der Waals surface area contributed by atoms with Gasteiger partial charge in [-0.05, 0) is 25.0 Å². The number of aromatic amines is 1. The van der Waals surface area contributed by atoms with Crippen molar-refractivity contribution in [1.82, 2.24) is 14.8 Å². The predicted molar refractivity (Wildman–Crippen MR) is 83.4 cm³/mol. The maximum absolute atomic E-state index is 12.6. The van der Waals surface area contributed by atoms with Crippen LogP contribution in [0.15, 0.2) is 24.3 Å². The van der Waals surface area contributed by atoms with Crippen LogP contribution in [-0.2, 0) is 11.2 Å². The number of benzene rings is 1. The van der Waals surface area contributed by atoms with Crippen molar-refractivity contribution in [2.45, 2.75) is 38.8 Å². The lowest BCUT2D eigenvalue weighted by atomic mass is 9.93. The van der Waals surface area contributed by atoms with Crippen molar-refractivity contribution in [3.8, 4) is 0 Å². The first kappa shape index (κ1) is 13.4. The van der Waals surface area contributed by atoms with Gasteiger partial charge < -0.3 is 9.88 Å². The van der Waals surface area contributed by atoms with Crippen LogP contribution < -0.4 is 0 Å². The first-order chi connectivity index (χ1) is 10.6. The van der Waals surface area contributed by atoms with Gasteiger partial charge in [-0.3, -0.25) is 9.69 Å². The number of hydrogen-bond donors (Lipinski definition) is 1. The quantitative estimate of drug-likeness (QED) is 0.867. The number of hydrogen-bond acceptors (Lipinski definition) is 2. The van der Waals surface area contributed by atoms with Crippen LogP contribution in [0.5, 0.6) is 0 Å². The average Bonchev–Trinajstić information content (AvgIpc) is 3.00. The number of amides is 3. The molecule has 0 spiro atoms. The molecule has 0 saturated carbocycles. The minimum atomic E-state index is -0.347. The number of urea groups is 1. The Morgan fingerprint density at radius 1 is 1.27 bits per heavy atom. The fourth-order valence-corrected chi connectivity index (χ4v) is 3.85.